The number of hydrogen-bond donors (Lipinski definition) is 0. The second kappa shape index (κ2) is 10.1. The van der Waals surface area contributed by atoms with Crippen LogP contribution in [0.4, 0.5) is 0 Å². The number of hydrogen-bond acceptors (Lipinski definition) is 4. The van der Waals surface area contributed by atoms with Gasteiger partial charge in [0.2, 0.25) is 0 Å². The van der Waals surface area contributed by atoms with E-state index in [0.29, 0.717) is 43.0 Å². The zero-order valence-corrected chi connectivity index (χ0v) is 22.2. The van der Waals surface area contributed by atoms with Crippen LogP contribution >= 0.6 is 62.3 Å². The molecule has 6 aromatic rings. The van der Waals surface area contributed by atoms with Crippen LogP contribution in [0.15, 0.2) is 83.6 Å². The summed E-state index contributed by atoms with van der Waals surface area (Å²) in [5.74, 6) is 0. The van der Waals surface area contributed by atoms with Crippen molar-refractivity contribution < 1.29 is 0 Å². The maximum absolute atomic E-state index is 6.35. The number of nitrogens with zero attached hydrogens (tertiary/aromatic N) is 6. The van der Waals surface area contributed by atoms with E-state index in [1.54, 1.807) is 27.5 Å². The fourth-order valence-electron chi connectivity index (χ4n) is 3.47. The normalized spacial score (nSPS) is 11.0. The summed E-state index contributed by atoms with van der Waals surface area (Å²) in [7, 11) is 0. The van der Waals surface area contributed by atoms with Crippen LogP contribution in [0.2, 0.25) is 20.6 Å². The van der Waals surface area contributed by atoms with Crippen molar-refractivity contribution in [3.05, 3.63) is 104 Å². The van der Waals surface area contributed by atoms with E-state index in [2.05, 4.69) is 36.1 Å². The quantitative estimate of drug-likeness (QED) is 0.187. The van der Waals surface area contributed by atoms with E-state index in [1.807, 2.05) is 60.7 Å². The molecule has 174 valence electrons. The maximum atomic E-state index is 6.35. The zero-order valence-electron chi connectivity index (χ0n) is 17.6. The topological polar surface area (TPSA) is 60.4 Å². The molecule has 0 N–H and O–H groups in total. The van der Waals surface area contributed by atoms with Crippen molar-refractivity contribution in [3.8, 4) is 22.3 Å². The van der Waals surface area contributed by atoms with E-state index in [9.17, 15) is 0 Å². The van der Waals surface area contributed by atoms with Crippen LogP contribution in [-0.4, -0.2) is 29.2 Å². The average Bonchev–Trinajstić information content (AvgIpc) is 3.48. The standard InChI is InChI=1S/C12H6BrCl2N3.C12H7Cl2N3/c13-8-6-16-18-11(15)9(10(14)17-12(8)18)7-4-2-1-3-5-7;13-11-10(8-4-2-1-3-5-8)12(14)17-9(16-11)6-7-15-17/h1-6H;1-7H. The zero-order chi connectivity index (χ0) is 24.5. The van der Waals surface area contributed by atoms with Gasteiger partial charge in [0.05, 0.1) is 28.0 Å². The van der Waals surface area contributed by atoms with E-state index in [-0.39, 0.29) is 0 Å². The molecule has 11 heteroatoms. The van der Waals surface area contributed by atoms with Crippen molar-refractivity contribution >= 4 is 73.6 Å². The first-order valence-electron chi connectivity index (χ1n) is 10.1. The highest BCUT2D eigenvalue weighted by Gasteiger charge is 2.17. The molecule has 4 heterocycles. The van der Waals surface area contributed by atoms with Crippen molar-refractivity contribution in [2.75, 3.05) is 0 Å². The van der Waals surface area contributed by atoms with Crippen LogP contribution in [0, 0.1) is 0 Å². The molecule has 0 aliphatic heterocycles. The third kappa shape index (κ3) is 4.62. The summed E-state index contributed by atoms with van der Waals surface area (Å²) in [6.45, 7) is 0. The summed E-state index contributed by atoms with van der Waals surface area (Å²) in [5, 5.41) is 9.93. The molecular formula is C24H13BrCl4N6. The molecule has 4 aromatic heterocycles. The summed E-state index contributed by atoms with van der Waals surface area (Å²) in [6, 6.07) is 21.0. The van der Waals surface area contributed by atoms with Crippen molar-refractivity contribution in [1.82, 2.24) is 29.2 Å². The molecule has 2 aromatic carbocycles. The Morgan fingerprint density at radius 2 is 1.17 bits per heavy atom. The number of halogens is 5. The number of aromatic nitrogens is 6. The highest BCUT2D eigenvalue weighted by atomic mass is 79.9. The fourth-order valence-corrected chi connectivity index (χ4v) is 5.13. The van der Waals surface area contributed by atoms with Crippen LogP contribution in [-0.2, 0) is 0 Å². The molecule has 0 aliphatic rings. The Morgan fingerprint density at radius 1 is 0.629 bits per heavy atom. The Morgan fingerprint density at radius 3 is 1.77 bits per heavy atom. The first-order valence-corrected chi connectivity index (χ1v) is 12.4. The molecule has 0 saturated heterocycles. The number of fused-ring (bicyclic) bond motifs is 2. The van der Waals surface area contributed by atoms with Gasteiger partial charge in [0, 0.05) is 6.07 Å². The van der Waals surface area contributed by atoms with Crippen molar-refractivity contribution in [2.24, 2.45) is 0 Å². The van der Waals surface area contributed by atoms with E-state index in [4.69, 9.17) is 46.4 Å². The highest BCUT2D eigenvalue weighted by molar-refractivity contribution is 9.10. The molecule has 0 spiro atoms. The van der Waals surface area contributed by atoms with Crippen molar-refractivity contribution in [2.45, 2.75) is 0 Å². The first kappa shape index (κ1) is 24.0. The van der Waals surface area contributed by atoms with E-state index < -0.39 is 0 Å². The maximum Gasteiger partial charge on any atom is 0.172 e. The van der Waals surface area contributed by atoms with Gasteiger partial charge in [-0.1, -0.05) is 107 Å². The van der Waals surface area contributed by atoms with Gasteiger partial charge in [0.25, 0.3) is 0 Å². The minimum Gasteiger partial charge on any atom is -0.216 e. The summed E-state index contributed by atoms with van der Waals surface area (Å²) < 4.78 is 3.88. The Bertz CT molecular complexity index is 1650. The van der Waals surface area contributed by atoms with Gasteiger partial charge in [0.15, 0.2) is 11.3 Å². The minimum atomic E-state index is 0.361. The minimum absolute atomic E-state index is 0.361. The second-order valence-corrected chi connectivity index (χ2v) is 9.48. The summed E-state index contributed by atoms with van der Waals surface area (Å²) in [6.07, 6.45) is 3.28. The molecule has 0 unspecified atom stereocenters. The molecule has 0 atom stereocenters. The third-order valence-corrected chi connectivity index (χ3v) is 6.87. The molecular weight excluding hydrogens is 594 g/mol. The highest BCUT2D eigenvalue weighted by Crippen LogP contribution is 2.35. The Hall–Kier alpha value is -2.68. The monoisotopic (exact) mass is 604 g/mol. The Labute approximate surface area is 228 Å². The van der Waals surface area contributed by atoms with Gasteiger partial charge in [0.1, 0.15) is 20.6 Å². The van der Waals surface area contributed by atoms with Crippen LogP contribution in [0.3, 0.4) is 0 Å². The van der Waals surface area contributed by atoms with Gasteiger partial charge in [-0.15, -0.1) is 0 Å². The number of benzene rings is 2. The van der Waals surface area contributed by atoms with E-state index in [1.165, 1.54) is 0 Å². The lowest BCUT2D eigenvalue weighted by atomic mass is 10.1. The van der Waals surface area contributed by atoms with E-state index in [0.717, 1.165) is 15.6 Å². The fraction of sp³-hybridized carbons (Fsp3) is 0. The van der Waals surface area contributed by atoms with E-state index >= 15 is 0 Å². The third-order valence-electron chi connectivity index (χ3n) is 5.06. The smallest absolute Gasteiger partial charge is 0.172 e. The molecule has 0 aliphatic carbocycles. The second-order valence-electron chi connectivity index (χ2n) is 7.20. The summed E-state index contributed by atoms with van der Waals surface area (Å²) in [4.78, 5) is 8.56. The van der Waals surface area contributed by atoms with Crippen LogP contribution in [0.25, 0.3) is 33.5 Å². The molecule has 0 saturated carbocycles. The lowest BCUT2D eigenvalue weighted by Gasteiger charge is -2.08. The Balaban J connectivity index is 0.000000145. The molecule has 35 heavy (non-hydrogen) atoms. The predicted molar refractivity (Wildman–Crippen MR) is 145 cm³/mol. The predicted octanol–water partition coefficient (Wildman–Crippen LogP) is 8.17. The number of rotatable bonds is 2. The van der Waals surface area contributed by atoms with Gasteiger partial charge >= 0.3 is 0 Å². The lowest BCUT2D eigenvalue weighted by Crippen LogP contribution is -1.97. The molecule has 6 nitrogen and oxygen atoms in total. The largest absolute Gasteiger partial charge is 0.216 e. The summed E-state index contributed by atoms with van der Waals surface area (Å²) >= 11 is 28.4. The van der Waals surface area contributed by atoms with Gasteiger partial charge in [-0.3, -0.25) is 0 Å². The molecule has 0 bridgehead atoms. The van der Waals surface area contributed by atoms with Gasteiger partial charge in [-0.2, -0.15) is 10.2 Å². The van der Waals surface area contributed by atoms with Crippen LogP contribution < -0.4 is 0 Å². The van der Waals surface area contributed by atoms with Gasteiger partial charge in [-0.25, -0.2) is 19.0 Å². The Kier molecular flexibility index (Phi) is 6.95. The van der Waals surface area contributed by atoms with Crippen LogP contribution in [0.5, 0.6) is 0 Å². The lowest BCUT2D eigenvalue weighted by molar-refractivity contribution is 0.942. The molecule has 6 rings (SSSR count). The van der Waals surface area contributed by atoms with Gasteiger partial charge in [-0.05, 0) is 27.1 Å². The SMILES string of the molecule is Clc1nc2c(Br)cnn2c(Cl)c1-c1ccccc1.Clc1nc2ccnn2c(Cl)c1-c1ccccc1. The average molecular weight is 607 g/mol. The van der Waals surface area contributed by atoms with Crippen LogP contribution in [0.1, 0.15) is 0 Å². The van der Waals surface area contributed by atoms with Crippen molar-refractivity contribution in [1.29, 1.82) is 0 Å². The summed E-state index contributed by atoms with van der Waals surface area (Å²) in [5.41, 5.74) is 4.46. The first-order chi connectivity index (χ1) is 17.0. The van der Waals surface area contributed by atoms with Gasteiger partial charge < -0.3 is 0 Å². The molecule has 0 radical (unpaired) electrons. The molecule has 0 fully saturated rings. The molecule has 0 amide bonds. The van der Waals surface area contributed by atoms with Crippen molar-refractivity contribution in [3.63, 3.8) is 0 Å².